The Bertz CT molecular complexity index is 1140. The first kappa shape index (κ1) is 14.4. The highest BCUT2D eigenvalue weighted by Crippen LogP contribution is 2.44. The standard InChI is InChI=1S/C22H16P2/c1-2-6-18-14-20-19(13-17(18)5-1)10-9-16-7-3-8-21(22(16)20)24-12-4-11-23-15-24/h1-14H,15H2. The Morgan fingerprint density at radius 3 is 2.38 bits per heavy atom. The van der Waals surface area contributed by atoms with E-state index in [2.05, 4.69) is 84.4 Å². The van der Waals surface area contributed by atoms with Gasteiger partial charge < -0.3 is 0 Å². The van der Waals surface area contributed by atoms with E-state index >= 15 is 0 Å². The third-order valence-electron chi connectivity index (χ3n) is 4.71. The van der Waals surface area contributed by atoms with Gasteiger partial charge in [0.1, 0.15) is 0 Å². The maximum Gasteiger partial charge on any atom is 0.0173 e. The Kier molecular flexibility index (Phi) is 3.48. The molecule has 0 bridgehead atoms. The SMILES string of the molecule is C1=CP(c2cccc3ccc4cc5ccccc5cc4c23)CP=C1. The summed E-state index contributed by atoms with van der Waals surface area (Å²) in [6, 6.07) is 24.7. The van der Waals surface area contributed by atoms with Crippen LogP contribution in [0.3, 0.4) is 0 Å². The highest BCUT2D eigenvalue weighted by Gasteiger charge is 2.14. The van der Waals surface area contributed by atoms with E-state index in [9.17, 15) is 0 Å². The van der Waals surface area contributed by atoms with Gasteiger partial charge in [-0.2, -0.15) is 0 Å². The van der Waals surface area contributed by atoms with Crippen LogP contribution in [-0.2, 0) is 0 Å². The summed E-state index contributed by atoms with van der Waals surface area (Å²) in [7, 11) is 1.24. The van der Waals surface area contributed by atoms with Crippen molar-refractivity contribution in [3.8, 4) is 0 Å². The normalized spacial score (nSPS) is 17.8. The van der Waals surface area contributed by atoms with Gasteiger partial charge >= 0.3 is 0 Å². The molecule has 0 saturated carbocycles. The van der Waals surface area contributed by atoms with E-state index in [1.807, 2.05) is 0 Å². The van der Waals surface area contributed by atoms with Gasteiger partial charge in [-0.1, -0.05) is 74.7 Å². The Hall–Kier alpha value is -2.00. The molecule has 0 aromatic heterocycles. The summed E-state index contributed by atoms with van der Waals surface area (Å²) in [4.78, 5) is 0. The van der Waals surface area contributed by atoms with Crippen LogP contribution in [0, 0.1) is 0 Å². The molecule has 114 valence electrons. The van der Waals surface area contributed by atoms with Gasteiger partial charge in [0, 0.05) is 5.90 Å². The summed E-state index contributed by atoms with van der Waals surface area (Å²) >= 11 is 0. The zero-order chi connectivity index (χ0) is 15.9. The van der Waals surface area contributed by atoms with Crippen molar-refractivity contribution in [2.24, 2.45) is 0 Å². The molecule has 1 aliphatic rings. The second kappa shape index (κ2) is 5.82. The Labute approximate surface area is 144 Å². The highest BCUT2D eigenvalue weighted by molar-refractivity contribution is 7.76. The van der Waals surface area contributed by atoms with Crippen molar-refractivity contribution in [2.75, 3.05) is 5.90 Å². The first-order chi connectivity index (χ1) is 11.9. The molecule has 1 heterocycles. The average molecular weight is 342 g/mol. The quantitative estimate of drug-likeness (QED) is 0.211. The number of fused-ring (bicyclic) bond motifs is 4. The summed E-state index contributed by atoms with van der Waals surface area (Å²) < 4.78 is 0. The maximum atomic E-state index is 2.42. The molecular formula is C22H16P2. The van der Waals surface area contributed by atoms with Crippen molar-refractivity contribution in [1.29, 1.82) is 0 Å². The lowest BCUT2D eigenvalue weighted by atomic mass is 9.98. The smallest absolute Gasteiger partial charge is 0.0173 e. The average Bonchev–Trinajstić information content (AvgIpc) is 2.66. The first-order valence-corrected chi connectivity index (χ1v) is 10.9. The van der Waals surface area contributed by atoms with Gasteiger partial charge in [-0.05, 0) is 63.5 Å². The van der Waals surface area contributed by atoms with Crippen LogP contribution < -0.4 is 5.30 Å². The predicted molar refractivity (Wildman–Crippen MR) is 113 cm³/mol. The van der Waals surface area contributed by atoms with Gasteiger partial charge in [0.05, 0.1) is 0 Å². The van der Waals surface area contributed by atoms with E-state index < -0.39 is 0 Å². The molecule has 1 aliphatic heterocycles. The molecule has 1 atom stereocenters. The molecule has 4 aromatic rings. The fourth-order valence-electron chi connectivity index (χ4n) is 3.56. The van der Waals surface area contributed by atoms with Crippen molar-refractivity contribution in [1.82, 2.24) is 0 Å². The van der Waals surface area contributed by atoms with Crippen LogP contribution in [0.1, 0.15) is 0 Å². The molecule has 0 amide bonds. The Morgan fingerprint density at radius 2 is 1.54 bits per heavy atom. The van der Waals surface area contributed by atoms with Gasteiger partial charge in [0.15, 0.2) is 0 Å². The van der Waals surface area contributed by atoms with Crippen LogP contribution in [-0.4, -0.2) is 11.7 Å². The number of rotatable bonds is 1. The lowest BCUT2D eigenvalue weighted by Gasteiger charge is -2.18. The van der Waals surface area contributed by atoms with Crippen molar-refractivity contribution in [2.45, 2.75) is 0 Å². The molecule has 0 fully saturated rings. The van der Waals surface area contributed by atoms with Crippen LogP contribution in [0.15, 0.2) is 78.6 Å². The van der Waals surface area contributed by atoms with E-state index in [0.717, 1.165) is 0 Å². The third-order valence-corrected chi connectivity index (χ3v) is 8.48. The highest BCUT2D eigenvalue weighted by atomic mass is 31.2. The minimum atomic E-state index is -0.207. The lowest BCUT2D eigenvalue weighted by Crippen LogP contribution is -2.03. The van der Waals surface area contributed by atoms with Gasteiger partial charge in [-0.3, -0.25) is 0 Å². The van der Waals surface area contributed by atoms with Crippen molar-refractivity contribution in [3.05, 3.63) is 78.6 Å². The van der Waals surface area contributed by atoms with E-state index in [4.69, 9.17) is 0 Å². The second-order valence-corrected chi connectivity index (χ2v) is 9.66. The molecule has 4 aromatic carbocycles. The summed E-state index contributed by atoms with van der Waals surface area (Å²) in [5.41, 5.74) is 0. The molecular weight excluding hydrogens is 326 g/mol. The predicted octanol–water partition coefficient (Wildman–Crippen LogP) is 6.49. The van der Waals surface area contributed by atoms with Crippen molar-refractivity contribution < 1.29 is 0 Å². The number of benzene rings is 4. The number of hydrogen-bond donors (Lipinski definition) is 0. The van der Waals surface area contributed by atoms with Crippen molar-refractivity contribution >= 4 is 59.5 Å². The van der Waals surface area contributed by atoms with Crippen LogP contribution in [0.2, 0.25) is 0 Å². The minimum absolute atomic E-state index is 0.207. The van der Waals surface area contributed by atoms with Crippen molar-refractivity contribution in [3.63, 3.8) is 0 Å². The molecule has 2 heteroatoms. The maximum absolute atomic E-state index is 2.42. The van der Waals surface area contributed by atoms with E-state index in [-0.39, 0.29) is 7.92 Å². The van der Waals surface area contributed by atoms with Crippen LogP contribution in [0.4, 0.5) is 0 Å². The Balaban J connectivity index is 1.89. The minimum Gasteiger partial charge on any atom is -0.0992 e. The molecule has 0 nitrogen and oxygen atoms in total. The van der Waals surface area contributed by atoms with E-state index in [1.165, 1.54) is 51.7 Å². The molecule has 24 heavy (non-hydrogen) atoms. The largest absolute Gasteiger partial charge is 0.0992 e. The van der Waals surface area contributed by atoms with Crippen LogP contribution in [0.25, 0.3) is 32.3 Å². The summed E-state index contributed by atoms with van der Waals surface area (Å²) in [6.07, 6.45) is 2.25. The number of allylic oxidation sites excluding steroid dienone is 1. The molecule has 0 radical (unpaired) electrons. The lowest BCUT2D eigenvalue weighted by molar-refractivity contribution is 1.79. The molecule has 5 rings (SSSR count). The monoisotopic (exact) mass is 342 g/mol. The van der Waals surface area contributed by atoms with Gasteiger partial charge in [-0.15, -0.1) is 0 Å². The summed E-state index contributed by atoms with van der Waals surface area (Å²) in [5, 5.41) is 9.72. The fourth-order valence-corrected chi connectivity index (χ4v) is 7.24. The van der Waals surface area contributed by atoms with Gasteiger partial charge in [0.25, 0.3) is 0 Å². The molecule has 1 unspecified atom stereocenters. The van der Waals surface area contributed by atoms with Crippen LogP contribution in [0.5, 0.6) is 0 Å². The molecule has 0 aliphatic carbocycles. The zero-order valence-electron chi connectivity index (χ0n) is 13.2. The molecule has 0 N–H and O–H groups in total. The van der Waals surface area contributed by atoms with E-state index in [1.54, 1.807) is 0 Å². The molecule has 0 spiro atoms. The van der Waals surface area contributed by atoms with Gasteiger partial charge in [0.2, 0.25) is 0 Å². The first-order valence-electron chi connectivity index (χ1n) is 8.18. The molecule has 0 saturated heterocycles. The van der Waals surface area contributed by atoms with E-state index in [0.29, 0.717) is 0 Å². The number of hydrogen-bond acceptors (Lipinski definition) is 0. The summed E-state index contributed by atoms with van der Waals surface area (Å²) in [6.45, 7) is 0. The fraction of sp³-hybridized carbons (Fsp3) is 0.0455. The topological polar surface area (TPSA) is 0 Å². The zero-order valence-corrected chi connectivity index (χ0v) is 15.0. The van der Waals surface area contributed by atoms with Crippen LogP contribution >= 0.6 is 16.1 Å². The Morgan fingerprint density at radius 1 is 0.750 bits per heavy atom. The summed E-state index contributed by atoms with van der Waals surface area (Å²) in [5.74, 6) is 5.92. The third kappa shape index (κ3) is 2.30. The van der Waals surface area contributed by atoms with Gasteiger partial charge in [-0.25, -0.2) is 0 Å². The second-order valence-electron chi connectivity index (χ2n) is 6.15.